The van der Waals surface area contributed by atoms with Crippen LogP contribution in [0.2, 0.25) is 0 Å². The second-order valence-electron chi connectivity index (χ2n) is 5.42. The van der Waals surface area contributed by atoms with Crippen LogP contribution in [0.15, 0.2) is 48.5 Å². The number of benzene rings is 2. The molecule has 5 heteroatoms. The minimum atomic E-state index is -0.187. The number of nitrogens with one attached hydrogen (secondary N) is 2. The van der Waals surface area contributed by atoms with Crippen LogP contribution in [-0.2, 0) is 18.0 Å². The van der Waals surface area contributed by atoms with Gasteiger partial charge in [0.2, 0.25) is 0 Å². The van der Waals surface area contributed by atoms with Crippen molar-refractivity contribution >= 4 is 11.7 Å². The van der Waals surface area contributed by atoms with Gasteiger partial charge in [0.1, 0.15) is 5.75 Å². The van der Waals surface area contributed by atoms with Crippen molar-refractivity contribution in [3.63, 3.8) is 0 Å². The predicted octanol–water partition coefficient (Wildman–Crippen LogP) is 3.94. The van der Waals surface area contributed by atoms with Gasteiger partial charge in [-0.1, -0.05) is 31.2 Å². The molecule has 0 atom stereocenters. The maximum atomic E-state index is 11.7. The normalized spacial score (nSPS) is 10.2. The summed E-state index contributed by atoms with van der Waals surface area (Å²) in [5.74, 6) is 0.832. The standard InChI is InChI=1S/C19H24N2O3/c1-3-11-20-19(22)21-17-6-4-5-16(12-17)14-24-13-15-7-9-18(23-2)10-8-15/h4-10,12H,3,11,13-14H2,1-2H3,(H2,20,21,22). The average molecular weight is 328 g/mol. The summed E-state index contributed by atoms with van der Waals surface area (Å²) in [5.41, 5.74) is 2.86. The Hall–Kier alpha value is -2.53. The number of urea groups is 1. The summed E-state index contributed by atoms with van der Waals surface area (Å²) in [6, 6.07) is 15.3. The number of amides is 2. The monoisotopic (exact) mass is 328 g/mol. The smallest absolute Gasteiger partial charge is 0.319 e. The van der Waals surface area contributed by atoms with Crippen LogP contribution in [-0.4, -0.2) is 19.7 Å². The number of rotatable bonds is 8. The second kappa shape index (κ2) is 9.57. The maximum Gasteiger partial charge on any atom is 0.319 e. The van der Waals surface area contributed by atoms with Crippen LogP contribution in [0.4, 0.5) is 10.5 Å². The summed E-state index contributed by atoms with van der Waals surface area (Å²) in [6.45, 7) is 3.69. The van der Waals surface area contributed by atoms with E-state index in [2.05, 4.69) is 10.6 Å². The molecule has 2 aromatic carbocycles. The molecule has 0 aliphatic heterocycles. The molecule has 2 rings (SSSR count). The highest BCUT2D eigenvalue weighted by atomic mass is 16.5. The van der Waals surface area contributed by atoms with Gasteiger partial charge in [-0.15, -0.1) is 0 Å². The van der Waals surface area contributed by atoms with Crippen molar-refractivity contribution in [2.24, 2.45) is 0 Å². The van der Waals surface area contributed by atoms with Crippen LogP contribution in [0.1, 0.15) is 24.5 Å². The fraction of sp³-hybridized carbons (Fsp3) is 0.316. The van der Waals surface area contributed by atoms with Gasteiger partial charge in [-0.3, -0.25) is 0 Å². The minimum absolute atomic E-state index is 0.187. The van der Waals surface area contributed by atoms with Crippen molar-refractivity contribution in [3.8, 4) is 5.75 Å². The average Bonchev–Trinajstić information content (AvgIpc) is 2.61. The first kappa shape index (κ1) is 17.8. The molecule has 0 saturated carbocycles. The molecule has 0 radical (unpaired) electrons. The van der Waals surface area contributed by atoms with E-state index in [0.29, 0.717) is 19.8 Å². The highest BCUT2D eigenvalue weighted by Crippen LogP contribution is 2.14. The lowest BCUT2D eigenvalue weighted by Gasteiger charge is -2.09. The number of hydrogen-bond acceptors (Lipinski definition) is 3. The van der Waals surface area contributed by atoms with E-state index in [1.54, 1.807) is 7.11 Å². The first-order valence-electron chi connectivity index (χ1n) is 8.05. The van der Waals surface area contributed by atoms with E-state index in [1.165, 1.54) is 0 Å². The van der Waals surface area contributed by atoms with Crippen LogP contribution < -0.4 is 15.4 Å². The Balaban J connectivity index is 1.81. The highest BCUT2D eigenvalue weighted by molar-refractivity contribution is 5.89. The molecule has 2 amide bonds. The number of anilines is 1. The van der Waals surface area contributed by atoms with Gasteiger partial charge >= 0.3 is 6.03 Å². The molecule has 5 nitrogen and oxygen atoms in total. The molecule has 2 aromatic rings. The van der Waals surface area contributed by atoms with E-state index in [0.717, 1.165) is 29.0 Å². The molecule has 2 N–H and O–H groups in total. The largest absolute Gasteiger partial charge is 0.497 e. The third-order valence-corrected chi connectivity index (χ3v) is 3.42. The second-order valence-corrected chi connectivity index (χ2v) is 5.42. The van der Waals surface area contributed by atoms with Crippen LogP contribution in [0.25, 0.3) is 0 Å². The number of hydrogen-bond donors (Lipinski definition) is 2. The van der Waals surface area contributed by atoms with Crippen molar-refractivity contribution in [1.82, 2.24) is 5.32 Å². The zero-order valence-electron chi connectivity index (χ0n) is 14.2. The Morgan fingerprint density at radius 2 is 1.79 bits per heavy atom. The first-order valence-corrected chi connectivity index (χ1v) is 8.05. The van der Waals surface area contributed by atoms with Gasteiger partial charge < -0.3 is 20.1 Å². The van der Waals surface area contributed by atoms with Crippen LogP contribution in [0.3, 0.4) is 0 Å². The molecule has 24 heavy (non-hydrogen) atoms. The van der Waals surface area contributed by atoms with Gasteiger partial charge in [-0.25, -0.2) is 4.79 Å². The third kappa shape index (κ3) is 5.93. The molecule has 0 aliphatic rings. The Labute approximate surface area is 143 Å². The van der Waals surface area contributed by atoms with E-state index < -0.39 is 0 Å². The quantitative estimate of drug-likeness (QED) is 0.771. The molecule has 0 saturated heterocycles. The molecule has 0 fully saturated rings. The summed E-state index contributed by atoms with van der Waals surface area (Å²) in [5, 5.41) is 5.60. The van der Waals surface area contributed by atoms with Crippen molar-refractivity contribution in [3.05, 3.63) is 59.7 Å². The summed E-state index contributed by atoms with van der Waals surface area (Å²) >= 11 is 0. The lowest BCUT2D eigenvalue weighted by Crippen LogP contribution is -2.29. The van der Waals surface area contributed by atoms with Crippen molar-refractivity contribution in [1.29, 1.82) is 0 Å². The predicted molar refractivity (Wildman–Crippen MR) is 95.2 cm³/mol. The van der Waals surface area contributed by atoms with Gasteiger partial charge in [-0.05, 0) is 41.8 Å². The SMILES string of the molecule is CCCNC(=O)Nc1cccc(COCc2ccc(OC)cc2)c1. The van der Waals surface area contributed by atoms with Gasteiger partial charge in [0.15, 0.2) is 0 Å². The zero-order chi connectivity index (χ0) is 17.2. The lowest BCUT2D eigenvalue weighted by molar-refractivity contribution is 0.107. The number of carbonyl (C=O) groups is 1. The molecule has 0 aromatic heterocycles. The molecular weight excluding hydrogens is 304 g/mol. The molecule has 0 spiro atoms. The summed E-state index contributed by atoms with van der Waals surface area (Å²) in [6.07, 6.45) is 0.909. The van der Waals surface area contributed by atoms with Crippen molar-refractivity contribution < 1.29 is 14.3 Å². The Kier molecular flexibility index (Phi) is 7.11. The van der Waals surface area contributed by atoms with Crippen LogP contribution >= 0.6 is 0 Å². The molecule has 128 valence electrons. The molecule has 0 bridgehead atoms. The van der Waals surface area contributed by atoms with E-state index in [4.69, 9.17) is 9.47 Å². The van der Waals surface area contributed by atoms with E-state index in [-0.39, 0.29) is 6.03 Å². The topological polar surface area (TPSA) is 59.6 Å². The van der Waals surface area contributed by atoms with Crippen molar-refractivity contribution in [2.75, 3.05) is 19.0 Å². The molecular formula is C19H24N2O3. The summed E-state index contributed by atoms with van der Waals surface area (Å²) in [7, 11) is 1.65. The van der Waals surface area contributed by atoms with Crippen LogP contribution in [0.5, 0.6) is 5.75 Å². The van der Waals surface area contributed by atoms with Gasteiger partial charge in [0, 0.05) is 12.2 Å². The number of ether oxygens (including phenoxy) is 2. The van der Waals surface area contributed by atoms with E-state index >= 15 is 0 Å². The maximum absolute atomic E-state index is 11.7. The zero-order valence-corrected chi connectivity index (χ0v) is 14.2. The Bertz CT molecular complexity index is 641. The van der Waals surface area contributed by atoms with Crippen LogP contribution in [0, 0.1) is 0 Å². The minimum Gasteiger partial charge on any atom is -0.497 e. The lowest BCUT2D eigenvalue weighted by atomic mass is 10.2. The number of carbonyl (C=O) groups excluding carboxylic acids is 1. The van der Waals surface area contributed by atoms with Crippen molar-refractivity contribution in [2.45, 2.75) is 26.6 Å². The highest BCUT2D eigenvalue weighted by Gasteiger charge is 2.02. The fourth-order valence-electron chi connectivity index (χ4n) is 2.16. The molecule has 0 heterocycles. The first-order chi connectivity index (χ1) is 11.7. The summed E-state index contributed by atoms with van der Waals surface area (Å²) < 4.78 is 10.9. The Morgan fingerprint density at radius 3 is 2.50 bits per heavy atom. The van der Waals surface area contributed by atoms with Gasteiger partial charge in [-0.2, -0.15) is 0 Å². The van der Waals surface area contributed by atoms with E-state index in [1.807, 2.05) is 55.5 Å². The Morgan fingerprint density at radius 1 is 1.04 bits per heavy atom. The fourth-order valence-corrected chi connectivity index (χ4v) is 2.16. The van der Waals surface area contributed by atoms with E-state index in [9.17, 15) is 4.79 Å². The number of methoxy groups -OCH3 is 1. The van der Waals surface area contributed by atoms with Gasteiger partial charge in [0.05, 0.1) is 20.3 Å². The van der Waals surface area contributed by atoms with Gasteiger partial charge in [0.25, 0.3) is 0 Å². The third-order valence-electron chi connectivity index (χ3n) is 3.42. The molecule has 0 unspecified atom stereocenters. The molecule has 0 aliphatic carbocycles. The summed E-state index contributed by atoms with van der Waals surface area (Å²) in [4.78, 5) is 11.7.